The Balaban J connectivity index is 2.71. The minimum absolute atomic E-state index is 0.0496. The molecule has 3 nitrogen and oxygen atoms in total. The number of ether oxygens (including phenoxy) is 1. The number of carbonyl (C=O) groups is 2. The first-order valence-corrected chi connectivity index (χ1v) is 3.01. The van der Waals surface area contributed by atoms with Gasteiger partial charge in [-0.1, -0.05) is 0 Å². The van der Waals surface area contributed by atoms with Crippen molar-refractivity contribution in [1.82, 2.24) is 0 Å². The third-order valence-electron chi connectivity index (χ3n) is 1.42. The van der Waals surface area contributed by atoms with Gasteiger partial charge in [-0.05, 0) is 12.2 Å². The van der Waals surface area contributed by atoms with E-state index in [1.165, 1.54) is 19.3 Å². The van der Waals surface area contributed by atoms with Crippen LogP contribution in [0.1, 0.15) is 6.42 Å². The number of ketones is 2. The number of hydrogen-bond donors (Lipinski definition) is 0. The van der Waals surface area contributed by atoms with Crippen LogP contribution in [0.25, 0.3) is 0 Å². The lowest BCUT2D eigenvalue weighted by Crippen LogP contribution is -2.27. The fourth-order valence-electron chi connectivity index (χ4n) is 0.833. The van der Waals surface area contributed by atoms with Crippen LogP contribution in [0.2, 0.25) is 0 Å². The van der Waals surface area contributed by atoms with E-state index >= 15 is 0 Å². The molecule has 3 heteroatoms. The molecule has 0 amide bonds. The van der Waals surface area contributed by atoms with E-state index in [9.17, 15) is 9.59 Å². The second-order valence-electron chi connectivity index (χ2n) is 2.13. The third-order valence-corrected chi connectivity index (χ3v) is 1.42. The molecule has 1 aliphatic carbocycles. The van der Waals surface area contributed by atoms with E-state index < -0.39 is 6.10 Å². The van der Waals surface area contributed by atoms with Crippen LogP contribution in [0.15, 0.2) is 12.2 Å². The van der Waals surface area contributed by atoms with E-state index in [4.69, 9.17) is 4.74 Å². The van der Waals surface area contributed by atoms with Gasteiger partial charge >= 0.3 is 0 Å². The van der Waals surface area contributed by atoms with Gasteiger partial charge in [0.1, 0.15) is 6.10 Å². The van der Waals surface area contributed by atoms with Gasteiger partial charge in [0.2, 0.25) is 0 Å². The molecule has 0 radical (unpaired) electrons. The van der Waals surface area contributed by atoms with Crippen LogP contribution in [-0.2, 0) is 14.3 Å². The molecular weight excluding hydrogens is 132 g/mol. The van der Waals surface area contributed by atoms with Crippen molar-refractivity contribution in [3.05, 3.63) is 12.2 Å². The number of hydrogen-bond acceptors (Lipinski definition) is 3. The molecule has 1 atom stereocenters. The average molecular weight is 140 g/mol. The van der Waals surface area contributed by atoms with Crippen molar-refractivity contribution in [3.8, 4) is 0 Å². The maximum atomic E-state index is 10.8. The number of methoxy groups -OCH3 is 1. The van der Waals surface area contributed by atoms with E-state index in [0.717, 1.165) is 0 Å². The highest BCUT2D eigenvalue weighted by Gasteiger charge is 2.21. The van der Waals surface area contributed by atoms with Crippen molar-refractivity contribution in [1.29, 1.82) is 0 Å². The van der Waals surface area contributed by atoms with E-state index in [2.05, 4.69) is 0 Å². The number of rotatable bonds is 1. The topological polar surface area (TPSA) is 43.4 Å². The molecule has 0 saturated heterocycles. The van der Waals surface area contributed by atoms with Crippen molar-refractivity contribution < 1.29 is 14.3 Å². The van der Waals surface area contributed by atoms with Crippen molar-refractivity contribution in [2.75, 3.05) is 7.11 Å². The smallest absolute Gasteiger partial charge is 0.184 e. The Hall–Kier alpha value is -0.960. The normalized spacial score (nSPS) is 25.5. The summed E-state index contributed by atoms with van der Waals surface area (Å²) < 4.78 is 4.75. The lowest BCUT2D eigenvalue weighted by molar-refractivity contribution is -0.130. The predicted molar refractivity (Wildman–Crippen MR) is 34.6 cm³/mol. The summed E-state index contributed by atoms with van der Waals surface area (Å²) in [6.07, 6.45) is 2.20. The van der Waals surface area contributed by atoms with Gasteiger partial charge in [-0.2, -0.15) is 0 Å². The summed E-state index contributed by atoms with van der Waals surface area (Å²) >= 11 is 0. The quantitative estimate of drug-likeness (QED) is 0.518. The Morgan fingerprint density at radius 3 is 2.70 bits per heavy atom. The van der Waals surface area contributed by atoms with E-state index in [-0.39, 0.29) is 18.0 Å². The molecule has 1 unspecified atom stereocenters. The van der Waals surface area contributed by atoms with Gasteiger partial charge in [0.25, 0.3) is 0 Å². The second-order valence-corrected chi connectivity index (χ2v) is 2.13. The first kappa shape index (κ1) is 7.15. The maximum absolute atomic E-state index is 10.8. The molecule has 0 fully saturated rings. The van der Waals surface area contributed by atoms with Crippen LogP contribution in [0.4, 0.5) is 0 Å². The molecule has 1 rings (SSSR count). The molecule has 0 aromatic rings. The van der Waals surface area contributed by atoms with Crippen LogP contribution in [0, 0.1) is 0 Å². The molecule has 0 aromatic heterocycles. The van der Waals surface area contributed by atoms with Gasteiger partial charge < -0.3 is 4.74 Å². The van der Waals surface area contributed by atoms with E-state index in [1.807, 2.05) is 0 Å². The average Bonchev–Trinajstić information content (AvgIpc) is 1.94. The first-order valence-electron chi connectivity index (χ1n) is 3.01. The van der Waals surface area contributed by atoms with E-state index in [1.54, 1.807) is 0 Å². The number of allylic oxidation sites excluding steroid dienone is 1. The maximum Gasteiger partial charge on any atom is 0.184 e. The fraction of sp³-hybridized carbons (Fsp3) is 0.429. The Morgan fingerprint density at radius 1 is 1.50 bits per heavy atom. The van der Waals surface area contributed by atoms with Gasteiger partial charge in [0, 0.05) is 13.5 Å². The van der Waals surface area contributed by atoms with Crippen molar-refractivity contribution in [2.24, 2.45) is 0 Å². The van der Waals surface area contributed by atoms with Crippen LogP contribution >= 0.6 is 0 Å². The van der Waals surface area contributed by atoms with Crippen molar-refractivity contribution >= 4 is 11.6 Å². The predicted octanol–water partition coefficient (Wildman–Crippen LogP) is 0.0995. The molecule has 0 aromatic carbocycles. The highest BCUT2D eigenvalue weighted by Crippen LogP contribution is 2.06. The van der Waals surface area contributed by atoms with Crippen LogP contribution in [-0.4, -0.2) is 24.8 Å². The van der Waals surface area contributed by atoms with Gasteiger partial charge in [-0.25, -0.2) is 0 Å². The molecule has 10 heavy (non-hydrogen) atoms. The SMILES string of the molecule is COC1CC(=O)C=CC1=O. The van der Waals surface area contributed by atoms with Crippen molar-refractivity contribution in [3.63, 3.8) is 0 Å². The zero-order valence-corrected chi connectivity index (χ0v) is 5.66. The molecule has 0 aliphatic heterocycles. The number of carbonyl (C=O) groups excluding carboxylic acids is 2. The molecule has 0 saturated carbocycles. The minimum Gasteiger partial charge on any atom is -0.373 e. The van der Waals surface area contributed by atoms with Gasteiger partial charge in [0.15, 0.2) is 11.6 Å². The van der Waals surface area contributed by atoms with Gasteiger partial charge in [0.05, 0.1) is 0 Å². The zero-order chi connectivity index (χ0) is 7.56. The Labute approximate surface area is 58.7 Å². The van der Waals surface area contributed by atoms with Crippen LogP contribution < -0.4 is 0 Å². The standard InChI is InChI=1S/C7H8O3/c1-10-7-4-5(8)2-3-6(7)9/h2-3,7H,4H2,1H3. The first-order chi connectivity index (χ1) is 4.74. The third kappa shape index (κ3) is 1.30. The minimum atomic E-state index is -0.544. The Morgan fingerprint density at radius 2 is 2.20 bits per heavy atom. The lowest BCUT2D eigenvalue weighted by Gasteiger charge is -2.12. The molecule has 0 heterocycles. The second kappa shape index (κ2) is 2.75. The Kier molecular flexibility index (Phi) is 1.97. The molecule has 1 aliphatic rings. The Bertz CT molecular complexity index is 193. The summed E-state index contributed by atoms with van der Waals surface area (Å²) in [7, 11) is 1.43. The van der Waals surface area contributed by atoms with Gasteiger partial charge in [-0.3, -0.25) is 9.59 Å². The highest BCUT2D eigenvalue weighted by atomic mass is 16.5. The van der Waals surface area contributed by atoms with Crippen molar-refractivity contribution in [2.45, 2.75) is 12.5 Å². The molecule has 54 valence electrons. The van der Waals surface area contributed by atoms with Crippen LogP contribution in [0.3, 0.4) is 0 Å². The monoisotopic (exact) mass is 140 g/mol. The molecule has 0 N–H and O–H groups in total. The molecule has 0 bridgehead atoms. The molecular formula is C7H8O3. The van der Waals surface area contributed by atoms with Crippen LogP contribution in [0.5, 0.6) is 0 Å². The zero-order valence-electron chi connectivity index (χ0n) is 5.66. The summed E-state index contributed by atoms with van der Waals surface area (Å²) in [5.74, 6) is -0.173. The largest absolute Gasteiger partial charge is 0.373 e. The summed E-state index contributed by atoms with van der Waals surface area (Å²) in [5, 5.41) is 0. The summed E-state index contributed by atoms with van der Waals surface area (Å²) in [6.45, 7) is 0. The summed E-state index contributed by atoms with van der Waals surface area (Å²) in [5.41, 5.74) is 0. The summed E-state index contributed by atoms with van der Waals surface area (Å²) in [6, 6.07) is 0. The summed E-state index contributed by atoms with van der Waals surface area (Å²) in [4.78, 5) is 21.5. The lowest BCUT2D eigenvalue weighted by atomic mass is 10.0. The van der Waals surface area contributed by atoms with Gasteiger partial charge in [-0.15, -0.1) is 0 Å². The molecule has 0 spiro atoms. The van der Waals surface area contributed by atoms with E-state index in [0.29, 0.717) is 0 Å². The fourth-order valence-corrected chi connectivity index (χ4v) is 0.833. The highest BCUT2D eigenvalue weighted by molar-refractivity contribution is 6.07.